The first-order valence-electron chi connectivity index (χ1n) is 11.2. The topological polar surface area (TPSA) is 209 Å². The van der Waals surface area contributed by atoms with Crippen molar-refractivity contribution >= 4 is 40.5 Å². The molecular weight excluding hydrogens is 456 g/mol. The van der Waals surface area contributed by atoms with Crippen molar-refractivity contribution in [2.24, 2.45) is 17.4 Å². The molecule has 4 amide bonds. The zero-order valence-corrected chi connectivity index (χ0v) is 19.7. The maximum absolute atomic E-state index is 12.8. The molecule has 0 aliphatic heterocycles. The number of carbonyl (C=O) groups is 5. The molecule has 2 aromatic rings. The van der Waals surface area contributed by atoms with E-state index in [1.165, 1.54) is 0 Å². The van der Waals surface area contributed by atoms with Crippen molar-refractivity contribution < 1.29 is 29.1 Å². The fourth-order valence-corrected chi connectivity index (χ4v) is 3.52. The second-order valence-electron chi connectivity index (χ2n) is 8.39. The van der Waals surface area contributed by atoms with Gasteiger partial charge in [0.15, 0.2) is 0 Å². The molecule has 9 N–H and O–H groups in total. The molecule has 0 radical (unpaired) electrons. The molecule has 1 heterocycles. The Balaban J connectivity index is 1.97. The average Bonchev–Trinajstić information content (AvgIpc) is 3.22. The molecule has 190 valence electrons. The van der Waals surface area contributed by atoms with Gasteiger partial charge in [0.05, 0.1) is 19.0 Å². The molecule has 12 nitrogen and oxygen atoms in total. The second-order valence-corrected chi connectivity index (χ2v) is 8.39. The molecule has 0 saturated carbocycles. The normalized spacial score (nSPS) is 14.4. The Morgan fingerprint density at radius 2 is 1.77 bits per heavy atom. The fraction of sp³-hybridized carbons (Fsp3) is 0.435. The van der Waals surface area contributed by atoms with Gasteiger partial charge < -0.3 is 37.5 Å². The molecule has 2 rings (SSSR count). The van der Waals surface area contributed by atoms with E-state index in [0.29, 0.717) is 6.42 Å². The molecule has 1 aromatic carbocycles. The predicted molar refractivity (Wildman–Crippen MR) is 128 cm³/mol. The van der Waals surface area contributed by atoms with Crippen molar-refractivity contribution in [2.75, 3.05) is 6.54 Å². The number of carboxylic acids is 1. The summed E-state index contributed by atoms with van der Waals surface area (Å²) in [5.41, 5.74) is 12.9. The maximum Gasteiger partial charge on any atom is 0.326 e. The van der Waals surface area contributed by atoms with E-state index < -0.39 is 60.7 Å². The molecule has 0 fully saturated rings. The van der Waals surface area contributed by atoms with Gasteiger partial charge in [0, 0.05) is 17.1 Å². The van der Waals surface area contributed by atoms with Crippen LogP contribution in [0.25, 0.3) is 10.9 Å². The van der Waals surface area contributed by atoms with Gasteiger partial charge in [-0.05, 0) is 24.0 Å². The molecule has 0 bridgehead atoms. The van der Waals surface area contributed by atoms with Crippen LogP contribution in [-0.4, -0.2) is 64.4 Å². The maximum atomic E-state index is 12.8. The van der Waals surface area contributed by atoms with E-state index in [9.17, 15) is 24.0 Å². The lowest BCUT2D eigenvalue weighted by Crippen LogP contribution is -2.56. The molecule has 4 atom stereocenters. The number of carboxylic acid groups (broad SMARTS) is 1. The van der Waals surface area contributed by atoms with Gasteiger partial charge in [0.2, 0.25) is 23.6 Å². The highest BCUT2D eigenvalue weighted by Gasteiger charge is 2.29. The number of hydrogen-bond donors (Lipinski definition) is 7. The van der Waals surface area contributed by atoms with Crippen molar-refractivity contribution in [3.05, 3.63) is 36.0 Å². The highest BCUT2D eigenvalue weighted by Crippen LogP contribution is 2.19. The summed E-state index contributed by atoms with van der Waals surface area (Å²) in [5.74, 6) is -4.57. The van der Waals surface area contributed by atoms with Crippen LogP contribution >= 0.6 is 0 Å². The lowest BCUT2D eigenvalue weighted by atomic mass is 9.97. The number of amides is 4. The predicted octanol–water partition coefficient (Wildman–Crippen LogP) is -0.870. The Bertz CT molecular complexity index is 1080. The third-order valence-electron chi connectivity index (χ3n) is 5.71. The van der Waals surface area contributed by atoms with E-state index in [4.69, 9.17) is 16.6 Å². The summed E-state index contributed by atoms with van der Waals surface area (Å²) in [6.07, 6.45) is 2.01. The van der Waals surface area contributed by atoms with Gasteiger partial charge in [-0.2, -0.15) is 0 Å². The third kappa shape index (κ3) is 7.81. The van der Waals surface area contributed by atoms with E-state index in [0.717, 1.165) is 16.5 Å². The molecule has 12 heteroatoms. The Morgan fingerprint density at radius 3 is 2.40 bits per heavy atom. The SMILES string of the molecule is CCC(C)C(NC(=O)C(N)Cc1c[nH]c2ccccc12)C(=O)NCC(=O)NC(CC(N)=O)C(=O)O. The van der Waals surface area contributed by atoms with Crippen LogP contribution in [0, 0.1) is 5.92 Å². The second kappa shape index (κ2) is 12.5. The number of para-hydroxylation sites is 1. The summed E-state index contributed by atoms with van der Waals surface area (Å²) in [6.45, 7) is 3.06. The standard InChI is InChI=1S/C23H32N6O6/c1-3-12(2)20(22(33)27-11-19(31)28-17(23(34)35)9-18(25)30)29-21(32)15(24)8-13-10-26-16-7-5-4-6-14(13)16/h4-7,10,12,15,17,20,26H,3,8-9,11,24H2,1-2H3,(H2,25,30)(H,27,33)(H,28,31)(H,29,32)(H,34,35). The van der Waals surface area contributed by atoms with Gasteiger partial charge in [-0.25, -0.2) is 4.79 Å². The number of carbonyl (C=O) groups excluding carboxylic acids is 4. The first-order chi connectivity index (χ1) is 16.5. The number of nitrogens with two attached hydrogens (primary N) is 2. The van der Waals surface area contributed by atoms with Crippen LogP contribution in [0.5, 0.6) is 0 Å². The van der Waals surface area contributed by atoms with Crippen LogP contribution in [0.1, 0.15) is 32.3 Å². The third-order valence-corrected chi connectivity index (χ3v) is 5.71. The average molecular weight is 489 g/mol. The quantitative estimate of drug-likeness (QED) is 0.189. The number of aromatic amines is 1. The van der Waals surface area contributed by atoms with Crippen molar-refractivity contribution in [1.29, 1.82) is 0 Å². The number of rotatable bonds is 13. The van der Waals surface area contributed by atoms with Gasteiger partial charge in [0.1, 0.15) is 12.1 Å². The van der Waals surface area contributed by atoms with Crippen LogP contribution < -0.4 is 27.4 Å². The number of primary amides is 1. The lowest BCUT2D eigenvalue weighted by Gasteiger charge is -2.25. The summed E-state index contributed by atoms with van der Waals surface area (Å²) in [4.78, 5) is 62.8. The van der Waals surface area contributed by atoms with Gasteiger partial charge >= 0.3 is 5.97 Å². The molecule has 1 aromatic heterocycles. The van der Waals surface area contributed by atoms with E-state index in [2.05, 4.69) is 20.9 Å². The van der Waals surface area contributed by atoms with E-state index >= 15 is 0 Å². The first-order valence-corrected chi connectivity index (χ1v) is 11.2. The molecule has 35 heavy (non-hydrogen) atoms. The zero-order valence-electron chi connectivity index (χ0n) is 19.7. The molecular formula is C23H32N6O6. The summed E-state index contributed by atoms with van der Waals surface area (Å²) >= 11 is 0. The summed E-state index contributed by atoms with van der Waals surface area (Å²) < 4.78 is 0. The highest BCUT2D eigenvalue weighted by atomic mass is 16.4. The lowest BCUT2D eigenvalue weighted by molar-refractivity contribution is -0.143. The smallest absolute Gasteiger partial charge is 0.326 e. The zero-order chi connectivity index (χ0) is 26.1. The number of aromatic nitrogens is 1. The van der Waals surface area contributed by atoms with Crippen LogP contribution in [0.3, 0.4) is 0 Å². The van der Waals surface area contributed by atoms with Crippen molar-refractivity contribution in [3.8, 4) is 0 Å². The molecule has 0 saturated heterocycles. The minimum Gasteiger partial charge on any atom is -0.480 e. The van der Waals surface area contributed by atoms with Crippen LogP contribution in [0.4, 0.5) is 0 Å². The monoisotopic (exact) mass is 488 g/mol. The van der Waals surface area contributed by atoms with E-state index in [-0.39, 0.29) is 12.3 Å². The van der Waals surface area contributed by atoms with Crippen molar-refractivity contribution in [1.82, 2.24) is 20.9 Å². The molecule has 4 unspecified atom stereocenters. The van der Waals surface area contributed by atoms with Crippen molar-refractivity contribution in [2.45, 2.75) is 51.2 Å². The van der Waals surface area contributed by atoms with Crippen molar-refractivity contribution in [3.63, 3.8) is 0 Å². The molecule has 0 aliphatic rings. The van der Waals surface area contributed by atoms with Gasteiger partial charge in [-0.1, -0.05) is 38.5 Å². The summed E-state index contributed by atoms with van der Waals surface area (Å²) in [5, 5.41) is 17.2. The Labute approximate surface area is 202 Å². The minimum atomic E-state index is -1.51. The van der Waals surface area contributed by atoms with E-state index in [1.807, 2.05) is 31.2 Å². The van der Waals surface area contributed by atoms with E-state index in [1.54, 1.807) is 13.1 Å². The minimum absolute atomic E-state index is 0.254. The van der Waals surface area contributed by atoms with Crippen LogP contribution in [-0.2, 0) is 30.4 Å². The Kier molecular flexibility index (Phi) is 9.76. The van der Waals surface area contributed by atoms with Gasteiger partial charge in [-0.15, -0.1) is 0 Å². The number of nitrogens with one attached hydrogen (secondary N) is 4. The number of benzene rings is 1. The highest BCUT2D eigenvalue weighted by molar-refractivity contribution is 5.94. The van der Waals surface area contributed by atoms with Gasteiger partial charge in [0.25, 0.3) is 0 Å². The first kappa shape index (κ1) is 27.3. The fourth-order valence-electron chi connectivity index (χ4n) is 3.52. The number of fused-ring (bicyclic) bond motifs is 1. The number of aliphatic carboxylic acids is 1. The summed E-state index contributed by atoms with van der Waals surface area (Å²) in [7, 11) is 0. The largest absolute Gasteiger partial charge is 0.480 e. The molecule has 0 aliphatic carbocycles. The Morgan fingerprint density at radius 1 is 1.09 bits per heavy atom. The van der Waals surface area contributed by atoms with Crippen LogP contribution in [0.2, 0.25) is 0 Å². The van der Waals surface area contributed by atoms with Crippen LogP contribution in [0.15, 0.2) is 30.5 Å². The Hall–Kier alpha value is -3.93. The number of hydrogen-bond acceptors (Lipinski definition) is 6. The van der Waals surface area contributed by atoms with Gasteiger partial charge in [-0.3, -0.25) is 19.2 Å². The number of H-pyrrole nitrogens is 1. The summed E-state index contributed by atoms with van der Waals surface area (Å²) in [6, 6.07) is 4.23. The molecule has 0 spiro atoms.